The average molecular weight is 428 g/mol. The number of carbonyl (C=O) groups is 1. The van der Waals surface area contributed by atoms with Gasteiger partial charge in [0.05, 0.1) is 24.7 Å². The van der Waals surface area contributed by atoms with Gasteiger partial charge >= 0.3 is 0 Å². The fraction of sp³-hybridized carbons (Fsp3) is 0.652. The molecule has 0 aromatic carbocycles. The van der Waals surface area contributed by atoms with E-state index in [9.17, 15) is 4.79 Å². The molecule has 168 valence electrons. The molecule has 8 nitrogen and oxygen atoms in total. The van der Waals surface area contributed by atoms with Gasteiger partial charge in [-0.15, -0.1) is 0 Å². The Bertz CT molecular complexity index is 883. The van der Waals surface area contributed by atoms with Gasteiger partial charge in [0, 0.05) is 38.9 Å². The lowest BCUT2D eigenvalue weighted by Crippen LogP contribution is -2.39. The number of imidazole rings is 1. The number of carbonyl (C=O) groups excluding carboxylic acids is 1. The van der Waals surface area contributed by atoms with Crippen LogP contribution in [0.2, 0.25) is 0 Å². The predicted octanol–water partition coefficient (Wildman–Crippen LogP) is 3.24. The first kappa shape index (κ1) is 21.9. The Morgan fingerprint density at radius 2 is 1.65 bits per heavy atom. The van der Waals surface area contributed by atoms with Gasteiger partial charge in [-0.3, -0.25) is 4.79 Å². The van der Waals surface area contributed by atoms with E-state index in [0.29, 0.717) is 29.6 Å². The van der Waals surface area contributed by atoms with E-state index in [1.165, 1.54) is 0 Å². The molecule has 4 rings (SSSR count). The van der Waals surface area contributed by atoms with E-state index in [-0.39, 0.29) is 11.9 Å². The maximum Gasteiger partial charge on any atom is 0.270 e. The Morgan fingerprint density at radius 1 is 1.00 bits per heavy atom. The Kier molecular flexibility index (Phi) is 6.97. The lowest BCUT2D eigenvalue weighted by Gasteiger charge is -2.28. The molecular formula is C23H33N5O3. The highest BCUT2D eigenvalue weighted by Crippen LogP contribution is 2.34. The smallest absolute Gasteiger partial charge is 0.270 e. The van der Waals surface area contributed by atoms with E-state index >= 15 is 0 Å². The molecule has 0 aliphatic heterocycles. The van der Waals surface area contributed by atoms with Crippen LogP contribution in [0.4, 0.5) is 0 Å². The molecule has 2 aromatic heterocycles. The zero-order valence-electron chi connectivity index (χ0n) is 18.7. The van der Waals surface area contributed by atoms with Gasteiger partial charge < -0.3 is 19.4 Å². The summed E-state index contributed by atoms with van der Waals surface area (Å²) in [7, 11) is 5.45. The Balaban J connectivity index is 1.56. The van der Waals surface area contributed by atoms with E-state index in [1.54, 1.807) is 26.7 Å². The normalized spacial score (nSPS) is 26.5. The summed E-state index contributed by atoms with van der Waals surface area (Å²) in [6.45, 7) is 0. The van der Waals surface area contributed by atoms with Crippen molar-refractivity contribution in [2.75, 3.05) is 14.2 Å². The van der Waals surface area contributed by atoms with Gasteiger partial charge in [-0.1, -0.05) is 0 Å². The molecule has 1 amide bonds. The number of ether oxygens (including phenoxy) is 2. The van der Waals surface area contributed by atoms with E-state index < -0.39 is 0 Å². The van der Waals surface area contributed by atoms with Crippen LogP contribution in [-0.4, -0.2) is 57.9 Å². The predicted molar refractivity (Wildman–Crippen MR) is 117 cm³/mol. The quantitative estimate of drug-likeness (QED) is 0.761. The lowest BCUT2D eigenvalue weighted by atomic mass is 9.85. The van der Waals surface area contributed by atoms with Crippen molar-refractivity contribution in [3.8, 4) is 11.5 Å². The van der Waals surface area contributed by atoms with Gasteiger partial charge in [0.2, 0.25) is 0 Å². The second-order valence-corrected chi connectivity index (χ2v) is 8.78. The van der Waals surface area contributed by atoms with Crippen molar-refractivity contribution in [1.29, 1.82) is 0 Å². The van der Waals surface area contributed by atoms with Crippen molar-refractivity contribution in [1.82, 2.24) is 24.8 Å². The molecule has 1 N–H and O–H groups in total. The molecule has 0 bridgehead atoms. The molecule has 2 saturated carbocycles. The number of nitrogens with one attached hydrogen (secondary N) is 1. The van der Waals surface area contributed by atoms with Gasteiger partial charge in [-0.05, 0) is 57.4 Å². The summed E-state index contributed by atoms with van der Waals surface area (Å²) in [6, 6.07) is 2.04. The Morgan fingerprint density at radius 3 is 2.23 bits per heavy atom. The summed E-state index contributed by atoms with van der Waals surface area (Å²) in [5, 5.41) is 3.19. The van der Waals surface area contributed by atoms with Crippen LogP contribution in [0.1, 0.15) is 73.5 Å². The topological polar surface area (TPSA) is 91.2 Å². The lowest BCUT2D eigenvalue weighted by molar-refractivity contribution is 0.0598. The summed E-state index contributed by atoms with van der Waals surface area (Å²) >= 11 is 0. The molecule has 0 radical (unpaired) electrons. The highest BCUT2D eigenvalue weighted by atomic mass is 16.5. The van der Waals surface area contributed by atoms with Crippen LogP contribution in [0.3, 0.4) is 0 Å². The van der Waals surface area contributed by atoms with Crippen molar-refractivity contribution in [3.05, 3.63) is 30.0 Å². The molecule has 2 heterocycles. The number of rotatable bonds is 6. The average Bonchev–Trinajstić information content (AvgIpc) is 3.25. The summed E-state index contributed by atoms with van der Waals surface area (Å²) in [6.07, 6.45) is 11.9. The zero-order valence-corrected chi connectivity index (χ0v) is 18.7. The minimum Gasteiger partial charge on any atom is -0.381 e. The van der Waals surface area contributed by atoms with E-state index in [0.717, 1.165) is 62.8 Å². The summed E-state index contributed by atoms with van der Waals surface area (Å²) in [5.74, 6) is 0.739. The minimum atomic E-state index is -0.126. The van der Waals surface area contributed by atoms with Crippen molar-refractivity contribution in [2.24, 2.45) is 7.05 Å². The van der Waals surface area contributed by atoms with E-state index in [4.69, 9.17) is 14.5 Å². The summed E-state index contributed by atoms with van der Waals surface area (Å²) in [4.78, 5) is 26.8. The molecule has 2 aliphatic rings. The van der Waals surface area contributed by atoms with Crippen LogP contribution in [0, 0.1) is 0 Å². The van der Waals surface area contributed by atoms with Crippen LogP contribution in [0.5, 0.6) is 0 Å². The highest BCUT2D eigenvalue weighted by Gasteiger charge is 2.27. The van der Waals surface area contributed by atoms with Crippen molar-refractivity contribution in [2.45, 2.75) is 75.5 Å². The molecule has 8 heteroatoms. The fourth-order valence-electron chi connectivity index (χ4n) is 4.78. The number of methoxy groups -OCH3 is 2. The van der Waals surface area contributed by atoms with Gasteiger partial charge in [0.15, 0.2) is 5.82 Å². The monoisotopic (exact) mass is 427 g/mol. The number of nitrogens with zero attached hydrogens (tertiary/aromatic N) is 4. The molecule has 0 atom stereocenters. The highest BCUT2D eigenvalue weighted by molar-refractivity contribution is 5.93. The number of aromatic nitrogens is 4. The maximum atomic E-state index is 13.1. The molecule has 0 saturated heterocycles. The van der Waals surface area contributed by atoms with E-state index in [1.807, 2.05) is 17.7 Å². The first-order valence-corrected chi connectivity index (χ1v) is 11.3. The number of hydrogen-bond acceptors (Lipinski definition) is 6. The SMILES string of the molecule is CO[C@H]1CC[C@H](NC(=O)c2cc([C@H]3CC[C@@H](OC)CC3)nc(-c3cncn3C)n2)CC1. The molecular weight excluding hydrogens is 394 g/mol. The third-order valence-electron chi connectivity index (χ3n) is 6.79. The largest absolute Gasteiger partial charge is 0.381 e. The number of amides is 1. The molecule has 0 unspecified atom stereocenters. The summed E-state index contributed by atoms with van der Waals surface area (Å²) in [5.41, 5.74) is 2.18. The van der Waals surface area contributed by atoms with Crippen LogP contribution in [0.25, 0.3) is 11.5 Å². The van der Waals surface area contributed by atoms with Crippen LogP contribution in [-0.2, 0) is 16.5 Å². The summed E-state index contributed by atoms with van der Waals surface area (Å²) < 4.78 is 12.8. The first-order chi connectivity index (χ1) is 15.1. The second-order valence-electron chi connectivity index (χ2n) is 8.78. The zero-order chi connectivity index (χ0) is 21.8. The van der Waals surface area contributed by atoms with Gasteiger partial charge in [-0.2, -0.15) is 0 Å². The maximum absolute atomic E-state index is 13.1. The fourth-order valence-corrected chi connectivity index (χ4v) is 4.78. The van der Waals surface area contributed by atoms with Crippen LogP contribution in [0.15, 0.2) is 18.6 Å². The second kappa shape index (κ2) is 9.87. The molecule has 2 fully saturated rings. The van der Waals surface area contributed by atoms with Crippen LogP contribution < -0.4 is 5.32 Å². The van der Waals surface area contributed by atoms with Crippen molar-refractivity contribution < 1.29 is 14.3 Å². The standard InChI is InChI=1S/C23H33N5O3/c1-28-14-24-13-21(28)22-26-19(15-4-8-17(30-2)9-5-15)12-20(27-22)23(29)25-16-6-10-18(31-3)11-7-16/h12-18H,4-11H2,1-3H3,(H,25,29)/t15-,16-,17+,18-. The molecule has 2 aromatic rings. The van der Waals surface area contributed by atoms with Gasteiger partial charge in [0.1, 0.15) is 11.4 Å². The van der Waals surface area contributed by atoms with Crippen LogP contribution >= 0.6 is 0 Å². The first-order valence-electron chi connectivity index (χ1n) is 11.3. The number of aryl methyl sites for hydroxylation is 1. The third-order valence-corrected chi connectivity index (χ3v) is 6.79. The molecule has 31 heavy (non-hydrogen) atoms. The van der Waals surface area contributed by atoms with Gasteiger partial charge in [0.25, 0.3) is 5.91 Å². The molecule has 0 spiro atoms. The van der Waals surface area contributed by atoms with Gasteiger partial charge in [-0.25, -0.2) is 15.0 Å². The Hall–Kier alpha value is -2.32. The van der Waals surface area contributed by atoms with Crippen molar-refractivity contribution in [3.63, 3.8) is 0 Å². The van der Waals surface area contributed by atoms with Crippen molar-refractivity contribution >= 4 is 5.91 Å². The minimum absolute atomic E-state index is 0.126. The Labute approximate surface area is 183 Å². The third kappa shape index (κ3) is 5.13. The van der Waals surface area contributed by atoms with E-state index in [2.05, 4.69) is 15.3 Å². The molecule has 2 aliphatic carbocycles. The number of hydrogen-bond donors (Lipinski definition) is 1.